The summed E-state index contributed by atoms with van der Waals surface area (Å²) in [4.78, 5) is 0. The van der Waals surface area contributed by atoms with Crippen molar-refractivity contribution in [3.05, 3.63) is 33.4 Å². The number of rotatable bonds is 2. The van der Waals surface area contributed by atoms with Gasteiger partial charge in [0.1, 0.15) is 0 Å². The Morgan fingerprint density at radius 1 is 1.38 bits per heavy atom. The van der Waals surface area contributed by atoms with E-state index >= 15 is 0 Å². The molecule has 1 atom stereocenters. The Labute approximate surface area is 106 Å². The number of hydrogen-bond donors (Lipinski definition) is 0. The van der Waals surface area contributed by atoms with Gasteiger partial charge in [-0.15, -0.1) is 0 Å². The standard InChI is InChI=1S/C10H9I2N/c1-10(6-11,7-13)8-2-4-9(12)5-3-8/h2-5H,6H2,1H3. The van der Waals surface area contributed by atoms with E-state index in [1.54, 1.807) is 0 Å². The molecule has 0 saturated heterocycles. The van der Waals surface area contributed by atoms with Gasteiger partial charge in [-0.05, 0) is 47.2 Å². The van der Waals surface area contributed by atoms with E-state index in [4.69, 9.17) is 5.26 Å². The van der Waals surface area contributed by atoms with Gasteiger partial charge in [-0.25, -0.2) is 0 Å². The molecule has 0 fully saturated rings. The van der Waals surface area contributed by atoms with Crippen LogP contribution in [0.5, 0.6) is 0 Å². The van der Waals surface area contributed by atoms with Gasteiger partial charge in [0.15, 0.2) is 0 Å². The summed E-state index contributed by atoms with van der Waals surface area (Å²) in [5.41, 5.74) is 0.759. The van der Waals surface area contributed by atoms with E-state index in [2.05, 4.69) is 51.3 Å². The molecule has 0 aliphatic rings. The molecule has 0 aromatic heterocycles. The van der Waals surface area contributed by atoms with E-state index in [-0.39, 0.29) is 5.41 Å². The second-order valence-electron chi connectivity index (χ2n) is 3.08. The lowest BCUT2D eigenvalue weighted by atomic mass is 9.86. The van der Waals surface area contributed by atoms with Crippen LogP contribution >= 0.6 is 45.2 Å². The summed E-state index contributed by atoms with van der Waals surface area (Å²) in [5, 5.41) is 9.05. The first-order chi connectivity index (χ1) is 6.12. The fourth-order valence-electron chi connectivity index (χ4n) is 0.989. The highest BCUT2D eigenvalue weighted by Gasteiger charge is 2.24. The lowest BCUT2D eigenvalue weighted by molar-refractivity contribution is 0.711. The van der Waals surface area contributed by atoms with Crippen molar-refractivity contribution in [2.75, 3.05) is 4.43 Å². The first-order valence-corrected chi connectivity index (χ1v) is 6.46. The van der Waals surface area contributed by atoms with Crippen molar-refractivity contribution in [3.63, 3.8) is 0 Å². The molecular weight excluding hydrogens is 388 g/mol. The molecule has 1 aromatic rings. The summed E-state index contributed by atoms with van der Waals surface area (Å²) in [6.45, 7) is 1.97. The van der Waals surface area contributed by atoms with Crippen molar-refractivity contribution < 1.29 is 0 Å². The van der Waals surface area contributed by atoms with Crippen molar-refractivity contribution in [1.29, 1.82) is 5.26 Å². The average Bonchev–Trinajstić information content (AvgIpc) is 2.18. The molecular formula is C10H9I2N. The molecule has 0 aliphatic heterocycles. The predicted octanol–water partition coefficient (Wildman–Crippen LogP) is 3.51. The molecule has 0 heterocycles. The van der Waals surface area contributed by atoms with Crippen LogP contribution in [-0.2, 0) is 5.41 Å². The second kappa shape index (κ2) is 4.60. The maximum Gasteiger partial charge on any atom is 0.0883 e. The maximum atomic E-state index is 9.05. The highest BCUT2D eigenvalue weighted by Crippen LogP contribution is 2.25. The van der Waals surface area contributed by atoms with E-state index in [9.17, 15) is 0 Å². The molecule has 1 nitrogen and oxygen atoms in total. The Bertz CT molecular complexity index is 326. The highest BCUT2D eigenvalue weighted by atomic mass is 127. The normalized spacial score (nSPS) is 14.6. The van der Waals surface area contributed by atoms with Crippen LogP contribution in [0, 0.1) is 14.9 Å². The zero-order valence-electron chi connectivity index (χ0n) is 7.22. The quantitative estimate of drug-likeness (QED) is 0.554. The van der Waals surface area contributed by atoms with E-state index in [0.717, 1.165) is 9.99 Å². The van der Waals surface area contributed by atoms with Gasteiger partial charge >= 0.3 is 0 Å². The van der Waals surface area contributed by atoms with Gasteiger partial charge in [-0.2, -0.15) is 5.26 Å². The molecule has 1 aromatic carbocycles. The van der Waals surface area contributed by atoms with E-state index in [1.807, 2.05) is 31.2 Å². The summed E-state index contributed by atoms with van der Waals surface area (Å²) in [6, 6.07) is 10.5. The fourth-order valence-corrected chi connectivity index (χ4v) is 1.96. The lowest BCUT2D eigenvalue weighted by Crippen LogP contribution is -2.20. The average molecular weight is 397 g/mol. The van der Waals surface area contributed by atoms with Crippen molar-refractivity contribution in [1.82, 2.24) is 0 Å². The second-order valence-corrected chi connectivity index (χ2v) is 5.09. The van der Waals surface area contributed by atoms with Gasteiger partial charge in [0.25, 0.3) is 0 Å². The van der Waals surface area contributed by atoms with Crippen LogP contribution in [0.3, 0.4) is 0 Å². The van der Waals surface area contributed by atoms with Crippen LogP contribution < -0.4 is 0 Å². The Hall–Kier alpha value is 0.170. The first kappa shape index (κ1) is 11.2. The summed E-state index contributed by atoms with van der Waals surface area (Å²) in [6.07, 6.45) is 0. The Morgan fingerprint density at radius 3 is 2.31 bits per heavy atom. The molecule has 68 valence electrons. The Balaban J connectivity index is 3.08. The third-order valence-corrected chi connectivity index (χ3v) is 4.24. The molecule has 0 bridgehead atoms. The first-order valence-electron chi connectivity index (χ1n) is 3.85. The zero-order chi connectivity index (χ0) is 9.90. The van der Waals surface area contributed by atoms with Crippen LogP contribution in [0.25, 0.3) is 0 Å². The van der Waals surface area contributed by atoms with Gasteiger partial charge in [-0.1, -0.05) is 34.7 Å². The molecule has 0 spiro atoms. The smallest absolute Gasteiger partial charge is 0.0883 e. The van der Waals surface area contributed by atoms with Gasteiger partial charge in [-0.3, -0.25) is 0 Å². The molecule has 0 saturated carbocycles. The zero-order valence-corrected chi connectivity index (χ0v) is 11.5. The van der Waals surface area contributed by atoms with E-state index in [1.165, 1.54) is 3.57 Å². The Morgan fingerprint density at radius 2 is 1.92 bits per heavy atom. The van der Waals surface area contributed by atoms with Crippen LogP contribution in [0.15, 0.2) is 24.3 Å². The number of nitriles is 1. The molecule has 13 heavy (non-hydrogen) atoms. The third kappa shape index (κ3) is 2.56. The molecule has 3 heteroatoms. The summed E-state index contributed by atoms with van der Waals surface area (Å²) >= 11 is 4.52. The van der Waals surface area contributed by atoms with Crippen molar-refractivity contribution in [3.8, 4) is 6.07 Å². The van der Waals surface area contributed by atoms with Crippen molar-refractivity contribution in [2.24, 2.45) is 0 Å². The third-order valence-electron chi connectivity index (χ3n) is 2.00. The molecule has 0 N–H and O–H groups in total. The predicted molar refractivity (Wildman–Crippen MR) is 71.0 cm³/mol. The molecule has 0 aliphatic carbocycles. The minimum Gasteiger partial charge on any atom is -0.197 e. The van der Waals surface area contributed by atoms with Gasteiger partial charge in [0.2, 0.25) is 0 Å². The summed E-state index contributed by atoms with van der Waals surface area (Å²) in [5.74, 6) is 0. The number of halogens is 2. The molecule has 1 unspecified atom stereocenters. The molecule has 0 amide bonds. The van der Waals surface area contributed by atoms with E-state index < -0.39 is 0 Å². The number of benzene rings is 1. The van der Waals surface area contributed by atoms with Gasteiger partial charge < -0.3 is 0 Å². The summed E-state index contributed by atoms with van der Waals surface area (Å²) < 4.78 is 2.03. The van der Waals surface area contributed by atoms with Gasteiger partial charge in [0.05, 0.1) is 11.5 Å². The van der Waals surface area contributed by atoms with Crippen LogP contribution in [0.1, 0.15) is 12.5 Å². The fraction of sp³-hybridized carbons (Fsp3) is 0.300. The molecule has 0 radical (unpaired) electrons. The van der Waals surface area contributed by atoms with Crippen molar-refractivity contribution in [2.45, 2.75) is 12.3 Å². The van der Waals surface area contributed by atoms with Crippen LogP contribution in [0.2, 0.25) is 0 Å². The lowest BCUT2D eigenvalue weighted by Gasteiger charge is -2.18. The largest absolute Gasteiger partial charge is 0.197 e. The highest BCUT2D eigenvalue weighted by molar-refractivity contribution is 14.1. The minimum atomic E-state index is -0.342. The van der Waals surface area contributed by atoms with Crippen LogP contribution in [0.4, 0.5) is 0 Å². The van der Waals surface area contributed by atoms with E-state index in [0.29, 0.717) is 0 Å². The number of alkyl halides is 1. The topological polar surface area (TPSA) is 23.8 Å². The minimum absolute atomic E-state index is 0.342. The Kier molecular flexibility index (Phi) is 3.98. The number of nitrogens with zero attached hydrogens (tertiary/aromatic N) is 1. The van der Waals surface area contributed by atoms with Crippen molar-refractivity contribution >= 4 is 45.2 Å². The summed E-state index contributed by atoms with van der Waals surface area (Å²) in [7, 11) is 0. The SMILES string of the molecule is CC(C#N)(CI)c1ccc(I)cc1. The van der Waals surface area contributed by atoms with Gasteiger partial charge in [0, 0.05) is 8.00 Å². The molecule has 1 rings (SSSR count). The maximum absolute atomic E-state index is 9.05. The number of hydrogen-bond acceptors (Lipinski definition) is 1. The monoisotopic (exact) mass is 397 g/mol. The van der Waals surface area contributed by atoms with Crippen LogP contribution in [-0.4, -0.2) is 4.43 Å².